The van der Waals surface area contributed by atoms with E-state index in [1.165, 1.54) is 11.3 Å². The summed E-state index contributed by atoms with van der Waals surface area (Å²) >= 11 is 0. The zero-order valence-corrected chi connectivity index (χ0v) is 12.8. The summed E-state index contributed by atoms with van der Waals surface area (Å²) in [6.07, 6.45) is 3.86. The molecule has 0 spiro atoms. The van der Waals surface area contributed by atoms with Gasteiger partial charge in [0.15, 0.2) is 0 Å². The second-order valence-electron chi connectivity index (χ2n) is 5.51. The average Bonchev–Trinajstić information content (AvgIpc) is 2.95. The Morgan fingerprint density at radius 2 is 2.19 bits per heavy atom. The molecule has 1 aliphatic rings. The smallest absolute Gasteiger partial charge is 0.146 e. The van der Waals surface area contributed by atoms with Crippen LogP contribution in [0.3, 0.4) is 0 Å². The summed E-state index contributed by atoms with van der Waals surface area (Å²) in [5.74, 6) is 1.05. The minimum atomic E-state index is 0.450. The second-order valence-corrected chi connectivity index (χ2v) is 5.51. The Bertz CT molecular complexity index is 592. The van der Waals surface area contributed by atoms with Gasteiger partial charge in [-0.3, -0.25) is 0 Å². The largest absolute Gasteiger partial charge is 0.364 e. The fourth-order valence-electron chi connectivity index (χ4n) is 3.07. The summed E-state index contributed by atoms with van der Waals surface area (Å²) in [7, 11) is 2.04. The van der Waals surface area contributed by atoms with Crippen molar-refractivity contribution < 1.29 is 0 Å². The lowest BCUT2D eigenvalue weighted by atomic mass is 9.96. The Balaban J connectivity index is 1.85. The van der Waals surface area contributed by atoms with Crippen LogP contribution in [0.2, 0.25) is 0 Å². The van der Waals surface area contributed by atoms with Gasteiger partial charge in [0.05, 0.1) is 6.54 Å². The normalized spacial score (nSPS) is 17.8. The molecule has 1 atom stereocenters. The maximum Gasteiger partial charge on any atom is 0.146 e. The molecule has 0 saturated carbocycles. The summed E-state index contributed by atoms with van der Waals surface area (Å²) in [5.41, 5.74) is 2.70. The molecule has 1 aliphatic heterocycles. The highest BCUT2D eigenvalue weighted by molar-refractivity contribution is 5.56. The van der Waals surface area contributed by atoms with Crippen molar-refractivity contribution in [2.24, 2.45) is 0 Å². The molecule has 5 heteroatoms. The molecule has 3 rings (SSSR count). The lowest BCUT2D eigenvalue weighted by Gasteiger charge is -2.35. The van der Waals surface area contributed by atoms with Crippen LogP contribution in [0, 0.1) is 0 Å². The third kappa shape index (κ3) is 2.78. The van der Waals surface area contributed by atoms with Gasteiger partial charge in [-0.1, -0.05) is 25.1 Å². The summed E-state index contributed by atoms with van der Waals surface area (Å²) in [6.45, 7) is 4.97. The van der Waals surface area contributed by atoms with E-state index in [0.29, 0.717) is 6.04 Å². The fraction of sp³-hybridized carbons (Fsp3) is 0.500. The highest BCUT2D eigenvalue weighted by Crippen LogP contribution is 2.33. The molecule has 1 unspecified atom stereocenters. The van der Waals surface area contributed by atoms with E-state index in [4.69, 9.17) is 0 Å². The monoisotopic (exact) mass is 285 g/mol. The quantitative estimate of drug-likeness (QED) is 0.916. The molecule has 0 radical (unpaired) electrons. The van der Waals surface area contributed by atoms with Crippen molar-refractivity contribution in [1.29, 1.82) is 0 Å². The molecule has 2 aromatic rings. The average molecular weight is 285 g/mol. The SMILES string of the molecule is CCCn1ncnc1CN1CCC(NC)c2ccccc21. The molecule has 0 amide bonds. The molecule has 0 fully saturated rings. The number of nitrogens with zero attached hydrogens (tertiary/aromatic N) is 4. The van der Waals surface area contributed by atoms with Gasteiger partial charge < -0.3 is 10.2 Å². The molecular formula is C16H23N5. The van der Waals surface area contributed by atoms with Gasteiger partial charge in [0.1, 0.15) is 12.2 Å². The van der Waals surface area contributed by atoms with Crippen molar-refractivity contribution in [3.63, 3.8) is 0 Å². The molecule has 2 heterocycles. The molecule has 1 aromatic carbocycles. The van der Waals surface area contributed by atoms with Crippen molar-refractivity contribution in [3.05, 3.63) is 42.0 Å². The van der Waals surface area contributed by atoms with Gasteiger partial charge in [0.25, 0.3) is 0 Å². The van der Waals surface area contributed by atoms with Crippen LogP contribution in [-0.2, 0) is 13.1 Å². The first-order chi connectivity index (χ1) is 10.3. The highest BCUT2D eigenvalue weighted by Gasteiger charge is 2.24. The molecular weight excluding hydrogens is 262 g/mol. The Morgan fingerprint density at radius 3 is 3.00 bits per heavy atom. The molecule has 0 saturated heterocycles. The fourth-order valence-corrected chi connectivity index (χ4v) is 3.07. The predicted octanol–water partition coefficient (Wildman–Crippen LogP) is 2.36. The summed E-state index contributed by atoms with van der Waals surface area (Å²) in [4.78, 5) is 6.85. The molecule has 0 bridgehead atoms. The van der Waals surface area contributed by atoms with Crippen LogP contribution in [-0.4, -0.2) is 28.4 Å². The van der Waals surface area contributed by atoms with E-state index >= 15 is 0 Å². The van der Waals surface area contributed by atoms with Crippen LogP contribution in [0.5, 0.6) is 0 Å². The van der Waals surface area contributed by atoms with E-state index in [0.717, 1.165) is 38.3 Å². The zero-order chi connectivity index (χ0) is 14.7. The standard InChI is InChI=1S/C16H23N5/c1-3-9-21-16(18-12-19-21)11-20-10-8-14(17-2)13-6-4-5-7-15(13)20/h4-7,12,14,17H,3,8-11H2,1-2H3. The van der Waals surface area contributed by atoms with Gasteiger partial charge in [-0.05, 0) is 31.5 Å². The maximum absolute atomic E-state index is 4.44. The van der Waals surface area contributed by atoms with Crippen molar-refractivity contribution in [2.75, 3.05) is 18.5 Å². The molecule has 5 nitrogen and oxygen atoms in total. The number of nitrogens with one attached hydrogen (secondary N) is 1. The van der Waals surface area contributed by atoms with Crippen LogP contribution >= 0.6 is 0 Å². The van der Waals surface area contributed by atoms with Crippen LogP contribution in [0.1, 0.15) is 37.2 Å². The summed E-state index contributed by atoms with van der Waals surface area (Å²) in [6, 6.07) is 9.11. The van der Waals surface area contributed by atoms with Gasteiger partial charge in [-0.25, -0.2) is 9.67 Å². The third-order valence-electron chi connectivity index (χ3n) is 4.15. The van der Waals surface area contributed by atoms with Gasteiger partial charge in [-0.2, -0.15) is 5.10 Å². The summed E-state index contributed by atoms with van der Waals surface area (Å²) in [5, 5.41) is 7.74. The lowest BCUT2D eigenvalue weighted by Crippen LogP contribution is -2.35. The van der Waals surface area contributed by atoms with E-state index in [1.54, 1.807) is 6.33 Å². The molecule has 1 N–H and O–H groups in total. The number of aryl methyl sites for hydroxylation is 1. The van der Waals surface area contributed by atoms with Crippen LogP contribution < -0.4 is 10.2 Å². The Hall–Kier alpha value is -1.88. The van der Waals surface area contributed by atoms with E-state index in [1.807, 2.05) is 11.7 Å². The topological polar surface area (TPSA) is 46.0 Å². The number of anilines is 1. The molecule has 112 valence electrons. The minimum absolute atomic E-state index is 0.450. The molecule has 1 aromatic heterocycles. The molecule has 21 heavy (non-hydrogen) atoms. The van der Waals surface area contributed by atoms with Crippen molar-refractivity contribution in [1.82, 2.24) is 20.1 Å². The number of para-hydroxylation sites is 1. The van der Waals surface area contributed by atoms with Crippen molar-refractivity contribution in [2.45, 2.75) is 38.9 Å². The Morgan fingerprint density at radius 1 is 1.33 bits per heavy atom. The van der Waals surface area contributed by atoms with Crippen LogP contribution in [0.15, 0.2) is 30.6 Å². The Kier molecular flexibility index (Phi) is 4.20. The van der Waals surface area contributed by atoms with E-state index < -0.39 is 0 Å². The van der Waals surface area contributed by atoms with Crippen LogP contribution in [0.25, 0.3) is 0 Å². The van der Waals surface area contributed by atoms with Crippen molar-refractivity contribution >= 4 is 5.69 Å². The number of hydrogen-bond acceptors (Lipinski definition) is 4. The Labute approximate surface area is 126 Å². The minimum Gasteiger partial charge on any atom is -0.364 e. The number of hydrogen-bond donors (Lipinski definition) is 1. The maximum atomic E-state index is 4.44. The number of benzene rings is 1. The first kappa shape index (κ1) is 14.1. The van der Waals surface area contributed by atoms with Gasteiger partial charge >= 0.3 is 0 Å². The van der Waals surface area contributed by atoms with E-state index in [-0.39, 0.29) is 0 Å². The molecule has 0 aliphatic carbocycles. The second kappa shape index (κ2) is 6.26. The first-order valence-corrected chi connectivity index (χ1v) is 7.71. The van der Waals surface area contributed by atoms with Crippen LogP contribution in [0.4, 0.5) is 5.69 Å². The van der Waals surface area contributed by atoms with Gasteiger partial charge in [0, 0.05) is 24.8 Å². The van der Waals surface area contributed by atoms with E-state index in [2.05, 4.69) is 51.5 Å². The lowest BCUT2D eigenvalue weighted by molar-refractivity contribution is 0.502. The number of fused-ring (bicyclic) bond motifs is 1. The zero-order valence-electron chi connectivity index (χ0n) is 12.8. The van der Waals surface area contributed by atoms with Gasteiger partial charge in [-0.15, -0.1) is 0 Å². The number of rotatable bonds is 5. The third-order valence-corrected chi connectivity index (χ3v) is 4.15. The first-order valence-electron chi connectivity index (χ1n) is 7.71. The number of aromatic nitrogens is 3. The van der Waals surface area contributed by atoms with Gasteiger partial charge in [0.2, 0.25) is 0 Å². The van der Waals surface area contributed by atoms with Crippen molar-refractivity contribution in [3.8, 4) is 0 Å². The van der Waals surface area contributed by atoms with E-state index in [9.17, 15) is 0 Å². The predicted molar refractivity (Wildman–Crippen MR) is 84.2 cm³/mol. The summed E-state index contributed by atoms with van der Waals surface area (Å²) < 4.78 is 2.02. The highest BCUT2D eigenvalue weighted by atomic mass is 15.3.